The summed E-state index contributed by atoms with van der Waals surface area (Å²) >= 11 is 0. The fraction of sp³-hybridized carbons (Fsp3) is 0.900. The lowest BCUT2D eigenvalue weighted by atomic mass is 10.2. The van der Waals surface area contributed by atoms with Crippen molar-refractivity contribution in [2.45, 2.75) is 38.1 Å². The van der Waals surface area contributed by atoms with E-state index in [-0.39, 0.29) is 6.10 Å². The third-order valence-electron chi connectivity index (χ3n) is 2.29. The predicted octanol–water partition coefficient (Wildman–Crippen LogP) is 1.46. The van der Waals surface area contributed by atoms with Gasteiger partial charge in [-0.1, -0.05) is 0 Å². The molecule has 0 saturated carbocycles. The maximum absolute atomic E-state index is 8.51. The molecule has 0 aromatic heterocycles. The molecule has 14 heavy (non-hydrogen) atoms. The lowest BCUT2D eigenvalue weighted by molar-refractivity contribution is -0.159. The van der Waals surface area contributed by atoms with Crippen molar-refractivity contribution in [3.8, 4) is 6.07 Å². The Morgan fingerprint density at radius 2 is 2.43 bits per heavy atom. The first kappa shape index (κ1) is 11.4. The average molecular weight is 199 g/mol. The van der Waals surface area contributed by atoms with Gasteiger partial charge < -0.3 is 14.2 Å². The molecule has 0 bridgehead atoms. The molecular formula is C10H17NO3. The van der Waals surface area contributed by atoms with E-state index in [0.717, 1.165) is 12.8 Å². The summed E-state index contributed by atoms with van der Waals surface area (Å²) in [5.74, 6) is -0.514. The Morgan fingerprint density at radius 1 is 1.64 bits per heavy atom. The number of hydrogen-bond acceptors (Lipinski definition) is 4. The Balaban J connectivity index is 2.27. The van der Waals surface area contributed by atoms with Crippen LogP contribution in [0.1, 0.15) is 26.2 Å². The topological polar surface area (TPSA) is 51.5 Å². The molecule has 2 unspecified atom stereocenters. The van der Waals surface area contributed by atoms with Gasteiger partial charge in [-0.2, -0.15) is 5.26 Å². The van der Waals surface area contributed by atoms with E-state index in [4.69, 9.17) is 19.5 Å². The summed E-state index contributed by atoms with van der Waals surface area (Å²) in [6.45, 7) is 3.16. The summed E-state index contributed by atoms with van der Waals surface area (Å²) in [5.41, 5.74) is 0. The summed E-state index contributed by atoms with van der Waals surface area (Å²) in [4.78, 5) is 0. The molecule has 0 aromatic rings. The Kier molecular flexibility index (Phi) is 4.33. The smallest absolute Gasteiger partial charge is 0.166 e. The summed E-state index contributed by atoms with van der Waals surface area (Å²) in [6.07, 6.45) is 2.06. The van der Waals surface area contributed by atoms with Gasteiger partial charge in [0.05, 0.1) is 25.2 Å². The van der Waals surface area contributed by atoms with E-state index < -0.39 is 5.79 Å². The van der Waals surface area contributed by atoms with Gasteiger partial charge in [-0.05, 0) is 13.3 Å². The normalized spacial score (nSPS) is 31.6. The van der Waals surface area contributed by atoms with Gasteiger partial charge in [-0.3, -0.25) is 0 Å². The molecule has 0 amide bonds. The van der Waals surface area contributed by atoms with Gasteiger partial charge in [0, 0.05) is 20.1 Å². The van der Waals surface area contributed by atoms with Crippen LogP contribution < -0.4 is 0 Å². The number of rotatable bonds is 5. The van der Waals surface area contributed by atoms with Gasteiger partial charge in [0.15, 0.2) is 5.79 Å². The molecule has 0 N–H and O–H groups in total. The lowest BCUT2D eigenvalue weighted by Crippen LogP contribution is -2.27. The zero-order valence-corrected chi connectivity index (χ0v) is 8.78. The van der Waals surface area contributed by atoms with Gasteiger partial charge in [0.2, 0.25) is 0 Å². The summed E-state index contributed by atoms with van der Waals surface area (Å²) in [7, 11) is 1.68. The standard InChI is InChI=1S/C10H17NO3/c1-10(5-3-7-12-2)13-8-9(14-10)4-6-11/h9H,3-5,7-8H2,1-2H3. The second kappa shape index (κ2) is 5.30. The number of nitrogens with zero attached hydrogens (tertiary/aromatic N) is 1. The predicted molar refractivity (Wildman–Crippen MR) is 50.6 cm³/mol. The largest absolute Gasteiger partial charge is 0.385 e. The average Bonchev–Trinajstić information content (AvgIpc) is 2.49. The molecule has 0 aliphatic carbocycles. The highest BCUT2D eigenvalue weighted by Gasteiger charge is 2.36. The minimum Gasteiger partial charge on any atom is -0.385 e. The minimum absolute atomic E-state index is 0.0625. The molecule has 2 atom stereocenters. The number of hydrogen-bond donors (Lipinski definition) is 0. The molecular weight excluding hydrogens is 182 g/mol. The molecule has 4 nitrogen and oxygen atoms in total. The van der Waals surface area contributed by atoms with Crippen molar-refractivity contribution in [1.29, 1.82) is 5.26 Å². The Hall–Kier alpha value is -0.630. The molecule has 1 saturated heterocycles. The van der Waals surface area contributed by atoms with E-state index in [0.29, 0.717) is 19.6 Å². The Morgan fingerprint density at radius 3 is 3.07 bits per heavy atom. The lowest BCUT2D eigenvalue weighted by Gasteiger charge is -2.22. The van der Waals surface area contributed by atoms with Crippen molar-refractivity contribution in [3.05, 3.63) is 0 Å². The van der Waals surface area contributed by atoms with Crippen LogP contribution in [-0.4, -0.2) is 32.2 Å². The first-order chi connectivity index (χ1) is 6.70. The van der Waals surface area contributed by atoms with Crippen LogP contribution in [0.2, 0.25) is 0 Å². The molecule has 0 aromatic carbocycles. The second-order valence-corrected chi connectivity index (χ2v) is 3.64. The molecule has 80 valence electrons. The molecule has 1 fully saturated rings. The minimum atomic E-state index is -0.514. The van der Waals surface area contributed by atoms with E-state index in [9.17, 15) is 0 Å². The van der Waals surface area contributed by atoms with Crippen molar-refractivity contribution in [2.75, 3.05) is 20.3 Å². The molecule has 1 aliphatic rings. The van der Waals surface area contributed by atoms with Crippen LogP contribution >= 0.6 is 0 Å². The van der Waals surface area contributed by atoms with Crippen molar-refractivity contribution >= 4 is 0 Å². The number of ether oxygens (including phenoxy) is 3. The molecule has 1 rings (SSSR count). The summed E-state index contributed by atoms with van der Waals surface area (Å²) < 4.78 is 16.1. The maximum Gasteiger partial charge on any atom is 0.166 e. The zero-order valence-electron chi connectivity index (χ0n) is 8.78. The highest BCUT2D eigenvalue weighted by Crippen LogP contribution is 2.28. The van der Waals surface area contributed by atoms with Gasteiger partial charge in [-0.25, -0.2) is 0 Å². The van der Waals surface area contributed by atoms with Crippen LogP contribution in [0.15, 0.2) is 0 Å². The van der Waals surface area contributed by atoms with Gasteiger partial charge in [0.25, 0.3) is 0 Å². The van der Waals surface area contributed by atoms with Crippen molar-refractivity contribution in [3.63, 3.8) is 0 Å². The third kappa shape index (κ3) is 3.26. The molecule has 4 heteroatoms. The zero-order chi connectivity index (χ0) is 10.4. The van der Waals surface area contributed by atoms with Crippen molar-refractivity contribution in [1.82, 2.24) is 0 Å². The van der Waals surface area contributed by atoms with Crippen molar-refractivity contribution in [2.24, 2.45) is 0 Å². The van der Waals surface area contributed by atoms with E-state index in [1.165, 1.54) is 0 Å². The molecule has 0 radical (unpaired) electrons. The highest BCUT2D eigenvalue weighted by atomic mass is 16.7. The van der Waals surface area contributed by atoms with Crippen LogP contribution in [0.3, 0.4) is 0 Å². The molecule has 1 aliphatic heterocycles. The second-order valence-electron chi connectivity index (χ2n) is 3.64. The van der Waals surface area contributed by atoms with Gasteiger partial charge in [-0.15, -0.1) is 0 Å². The Labute approximate surface area is 84.8 Å². The number of nitriles is 1. The molecule has 0 spiro atoms. The van der Waals surface area contributed by atoms with Crippen LogP contribution in [0.5, 0.6) is 0 Å². The van der Waals surface area contributed by atoms with Crippen molar-refractivity contribution < 1.29 is 14.2 Å². The van der Waals surface area contributed by atoms with Crippen LogP contribution in [-0.2, 0) is 14.2 Å². The van der Waals surface area contributed by atoms with Crippen LogP contribution in [0.25, 0.3) is 0 Å². The monoisotopic (exact) mass is 199 g/mol. The van der Waals surface area contributed by atoms with E-state index in [1.54, 1.807) is 7.11 Å². The Bertz CT molecular complexity index is 214. The fourth-order valence-electron chi connectivity index (χ4n) is 1.56. The summed E-state index contributed by atoms with van der Waals surface area (Å²) in [6, 6.07) is 2.08. The fourth-order valence-corrected chi connectivity index (χ4v) is 1.56. The maximum atomic E-state index is 8.51. The van der Waals surface area contributed by atoms with Crippen LogP contribution in [0.4, 0.5) is 0 Å². The van der Waals surface area contributed by atoms with Crippen LogP contribution in [0, 0.1) is 11.3 Å². The quantitative estimate of drug-likeness (QED) is 0.629. The van der Waals surface area contributed by atoms with E-state index in [2.05, 4.69) is 6.07 Å². The molecule has 1 heterocycles. The number of methoxy groups -OCH3 is 1. The third-order valence-corrected chi connectivity index (χ3v) is 2.29. The first-order valence-corrected chi connectivity index (χ1v) is 4.88. The van der Waals surface area contributed by atoms with Gasteiger partial charge >= 0.3 is 0 Å². The van der Waals surface area contributed by atoms with Gasteiger partial charge in [0.1, 0.15) is 0 Å². The highest BCUT2D eigenvalue weighted by molar-refractivity contribution is 4.82. The SMILES string of the molecule is COCCCC1(C)OCC(CC#N)O1. The van der Waals surface area contributed by atoms with E-state index >= 15 is 0 Å². The van der Waals surface area contributed by atoms with E-state index in [1.807, 2.05) is 6.92 Å². The summed E-state index contributed by atoms with van der Waals surface area (Å²) in [5, 5.41) is 8.51. The first-order valence-electron chi connectivity index (χ1n) is 4.88.